The first-order valence-electron chi connectivity index (χ1n) is 10.6. The number of nitrogens with zero attached hydrogens (tertiary/aromatic N) is 1. The maximum absolute atomic E-state index is 12.7. The number of hydrogen-bond acceptors (Lipinski definition) is 7. The van der Waals surface area contributed by atoms with Gasteiger partial charge in [0.15, 0.2) is 6.61 Å². The molecule has 0 aliphatic rings. The third kappa shape index (κ3) is 6.32. The van der Waals surface area contributed by atoms with E-state index < -0.39 is 11.8 Å². The lowest BCUT2D eigenvalue weighted by Gasteiger charge is -2.12. The van der Waals surface area contributed by atoms with Crippen molar-refractivity contribution in [1.82, 2.24) is 0 Å². The van der Waals surface area contributed by atoms with Crippen LogP contribution in [0.1, 0.15) is 22.3 Å². The standard InChI is InChI=1S/C27H26N2O5/c1-18-6-4-7-19(2)27(18)33-17-24(30)26(29-28)21-8-5-9-23(16-21)34-25(31)15-12-20-10-13-22(32-3)14-11-20/h4-16H,17,28H2,1-3H3/b15-12+,29-26+. The fourth-order valence-electron chi connectivity index (χ4n) is 3.28. The van der Waals surface area contributed by atoms with Gasteiger partial charge in [0, 0.05) is 11.6 Å². The average molecular weight is 459 g/mol. The Kier molecular flexibility index (Phi) is 8.18. The van der Waals surface area contributed by atoms with Gasteiger partial charge in [0.2, 0.25) is 5.78 Å². The number of hydrogen-bond donors (Lipinski definition) is 1. The van der Waals surface area contributed by atoms with Gasteiger partial charge in [0.1, 0.15) is 23.0 Å². The highest BCUT2D eigenvalue weighted by Gasteiger charge is 2.17. The second-order valence-corrected chi connectivity index (χ2v) is 7.47. The number of ether oxygens (including phenoxy) is 3. The largest absolute Gasteiger partial charge is 0.497 e. The summed E-state index contributed by atoms with van der Waals surface area (Å²) in [4.78, 5) is 25.0. The number of methoxy groups -OCH3 is 1. The number of hydrazone groups is 1. The van der Waals surface area contributed by atoms with Gasteiger partial charge in [-0.3, -0.25) is 4.79 Å². The number of Topliss-reactive ketones (excluding diaryl/α,β-unsaturated/α-hetero) is 1. The Hall–Kier alpha value is -4.39. The summed E-state index contributed by atoms with van der Waals surface area (Å²) < 4.78 is 16.2. The first-order chi connectivity index (χ1) is 16.4. The summed E-state index contributed by atoms with van der Waals surface area (Å²) in [6.07, 6.45) is 2.95. The summed E-state index contributed by atoms with van der Waals surface area (Å²) in [5.74, 6) is 6.17. The van der Waals surface area contributed by atoms with Gasteiger partial charge in [-0.2, -0.15) is 5.10 Å². The minimum absolute atomic E-state index is 0.0258. The van der Waals surface area contributed by atoms with E-state index in [1.165, 1.54) is 12.1 Å². The molecule has 7 nitrogen and oxygen atoms in total. The molecule has 7 heteroatoms. The van der Waals surface area contributed by atoms with Crippen LogP contribution in [0.25, 0.3) is 6.08 Å². The number of para-hydroxylation sites is 1. The monoisotopic (exact) mass is 458 g/mol. The SMILES string of the molecule is COc1ccc(/C=C/C(=O)Oc2cccc(/C(=N\N)C(=O)COc3c(C)cccc3C)c2)cc1. The lowest BCUT2D eigenvalue weighted by Crippen LogP contribution is -2.24. The number of carbonyl (C=O) groups excluding carboxylic acids is 2. The Labute approximate surface area is 198 Å². The van der Waals surface area contributed by atoms with Crippen molar-refractivity contribution in [3.05, 3.63) is 95.1 Å². The molecule has 34 heavy (non-hydrogen) atoms. The molecular weight excluding hydrogens is 432 g/mol. The Morgan fingerprint density at radius 1 is 0.941 bits per heavy atom. The first kappa shape index (κ1) is 24.3. The number of rotatable bonds is 9. The van der Waals surface area contributed by atoms with Gasteiger partial charge < -0.3 is 20.1 Å². The molecule has 0 aliphatic carbocycles. The van der Waals surface area contributed by atoms with Crippen LogP contribution in [-0.2, 0) is 9.59 Å². The topological polar surface area (TPSA) is 100 Å². The van der Waals surface area contributed by atoms with Gasteiger partial charge in [0.25, 0.3) is 0 Å². The normalized spacial score (nSPS) is 11.3. The minimum Gasteiger partial charge on any atom is -0.497 e. The van der Waals surface area contributed by atoms with Crippen molar-refractivity contribution in [1.29, 1.82) is 0 Å². The van der Waals surface area contributed by atoms with E-state index >= 15 is 0 Å². The van der Waals surface area contributed by atoms with Crippen molar-refractivity contribution in [3.8, 4) is 17.2 Å². The van der Waals surface area contributed by atoms with Crippen molar-refractivity contribution in [2.75, 3.05) is 13.7 Å². The van der Waals surface area contributed by atoms with Crippen molar-refractivity contribution >= 4 is 23.5 Å². The zero-order valence-corrected chi connectivity index (χ0v) is 19.3. The molecule has 0 aromatic heterocycles. The van der Waals surface area contributed by atoms with E-state index in [0.717, 1.165) is 22.4 Å². The number of carbonyl (C=O) groups is 2. The highest BCUT2D eigenvalue weighted by molar-refractivity contribution is 6.46. The van der Waals surface area contributed by atoms with E-state index in [2.05, 4.69) is 5.10 Å². The molecule has 0 fully saturated rings. The predicted octanol–water partition coefficient (Wildman–Crippen LogP) is 4.24. The maximum atomic E-state index is 12.7. The van der Waals surface area contributed by atoms with Crippen LogP contribution in [-0.4, -0.2) is 31.2 Å². The van der Waals surface area contributed by atoms with Gasteiger partial charge in [0.05, 0.1) is 7.11 Å². The maximum Gasteiger partial charge on any atom is 0.336 e. The Morgan fingerprint density at radius 2 is 1.62 bits per heavy atom. The molecule has 0 unspecified atom stereocenters. The third-order valence-corrected chi connectivity index (χ3v) is 5.00. The van der Waals surface area contributed by atoms with Crippen molar-refractivity contribution < 1.29 is 23.8 Å². The zero-order chi connectivity index (χ0) is 24.5. The van der Waals surface area contributed by atoms with Gasteiger partial charge >= 0.3 is 5.97 Å². The Morgan fingerprint density at radius 3 is 2.26 bits per heavy atom. The number of ketones is 1. The summed E-state index contributed by atoms with van der Waals surface area (Å²) in [7, 11) is 1.59. The van der Waals surface area contributed by atoms with E-state index in [9.17, 15) is 9.59 Å². The summed E-state index contributed by atoms with van der Waals surface area (Å²) in [6, 6.07) is 19.4. The third-order valence-electron chi connectivity index (χ3n) is 5.00. The van der Waals surface area contributed by atoms with Crippen molar-refractivity contribution in [2.24, 2.45) is 10.9 Å². The van der Waals surface area contributed by atoms with E-state index in [1.807, 2.05) is 44.2 Å². The zero-order valence-electron chi connectivity index (χ0n) is 19.3. The molecule has 0 saturated heterocycles. The molecular formula is C27H26N2O5. The van der Waals surface area contributed by atoms with Gasteiger partial charge in [-0.25, -0.2) is 4.79 Å². The molecule has 0 aliphatic heterocycles. The van der Waals surface area contributed by atoms with Crippen LogP contribution >= 0.6 is 0 Å². The van der Waals surface area contributed by atoms with Crippen LogP contribution in [0.5, 0.6) is 17.2 Å². The molecule has 174 valence electrons. The summed E-state index contributed by atoms with van der Waals surface area (Å²) >= 11 is 0. The van der Waals surface area contributed by atoms with Gasteiger partial charge in [-0.1, -0.05) is 42.5 Å². The number of aryl methyl sites for hydroxylation is 2. The fraction of sp³-hybridized carbons (Fsp3) is 0.148. The molecule has 0 radical (unpaired) electrons. The number of benzene rings is 3. The average Bonchev–Trinajstić information content (AvgIpc) is 2.83. The summed E-state index contributed by atoms with van der Waals surface area (Å²) in [5.41, 5.74) is 3.12. The van der Waals surface area contributed by atoms with Crippen molar-refractivity contribution in [3.63, 3.8) is 0 Å². The molecule has 0 bridgehead atoms. The molecule has 0 heterocycles. The van der Waals surface area contributed by atoms with Crippen LogP contribution in [0, 0.1) is 13.8 Å². The van der Waals surface area contributed by atoms with Gasteiger partial charge in [-0.05, 0) is 60.9 Å². The van der Waals surface area contributed by atoms with Crippen molar-refractivity contribution in [2.45, 2.75) is 13.8 Å². The molecule has 3 aromatic rings. The smallest absolute Gasteiger partial charge is 0.336 e. The molecule has 2 N–H and O–H groups in total. The van der Waals surface area contributed by atoms with Crippen LogP contribution in [0.2, 0.25) is 0 Å². The lowest BCUT2D eigenvalue weighted by atomic mass is 10.1. The van der Waals surface area contributed by atoms with Gasteiger partial charge in [-0.15, -0.1) is 0 Å². The second kappa shape index (κ2) is 11.5. The fourth-order valence-corrected chi connectivity index (χ4v) is 3.28. The first-order valence-corrected chi connectivity index (χ1v) is 10.6. The van der Waals surface area contributed by atoms with E-state index in [1.54, 1.807) is 43.5 Å². The van der Waals surface area contributed by atoms with E-state index in [4.69, 9.17) is 20.1 Å². The molecule has 0 spiro atoms. The Balaban J connectivity index is 1.65. The second-order valence-electron chi connectivity index (χ2n) is 7.47. The highest BCUT2D eigenvalue weighted by Crippen LogP contribution is 2.22. The molecule has 0 saturated carbocycles. The predicted molar refractivity (Wildman–Crippen MR) is 131 cm³/mol. The number of esters is 1. The van der Waals surface area contributed by atoms with E-state index in [0.29, 0.717) is 11.3 Å². The molecule has 0 atom stereocenters. The van der Waals surface area contributed by atoms with E-state index in [-0.39, 0.29) is 18.1 Å². The number of nitrogens with two attached hydrogens (primary N) is 1. The summed E-state index contributed by atoms with van der Waals surface area (Å²) in [6.45, 7) is 3.59. The van der Waals surface area contributed by atoms with Crippen LogP contribution in [0.4, 0.5) is 0 Å². The summed E-state index contributed by atoms with van der Waals surface area (Å²) in [5, 5.41) is 3.65. The minimum atomic E-state index is -0.566. The van der Waals surface area contributed by atoms with Crippen LogP contribution < -0.4 is 20.1 Å². The highest BCUT2D eigenvalue weighted by atomic mass is 16.5. The molecule has 3 rings (SSSR count). The molecule has 3 aromatic carbocycles. The Bertz CT molecular complexity index is 1210. The van der Waals surface area contributed by atoms with Crippen LogP contribution in [0.3, 0.4) is 0 Å². The molecule has 0 amide bonds. The quantitative estimate of drug-likeness (QED) is 0.129. The van der Waals surface area contributed by atoms with Crippen LogP contribution in [0.15, 0.2) is 77.9 Å². The lowest BCUT2D eigenvalue weighted by molar-refractivity contribution is -0.128.